The maximum Gasteiger partial charge on any atom is 0.334 e. The third-order valence-electron chi connectivity index (χ3n) is 7.70. The van der Waals surface area contributed by atoms with Gasteiger partial charge in [-0.3, -0.25) is 4.79 Å². The zero-order valence-electron chi connectivity index (χ0n) is 21.6. The zero-order valence-corrected chi connectivity index (χ0v) is 21.6. The molecule has 190 valence electrons. The van der Waals surface area contributed by atoms with Crippen molar-refractivity contribution in [2.24, 2.45) is 11.8 Å². The van der Waals surface area contributed by atoms with Crippen LogP contribution in [-0.4, -0.2) is 24.1 Å². The van der Waals surface area contributed by atoms with Crippen molar-refractivity contribution < 1.29 is 19.1 Å². The van der Waals surface area contributed by atoms with Crippen molar-refractivity contribution in [2.45, 2.75) is 148 Å². The Morgan fingerprint density at radius 3 is 1.64 bits per heavy atom. The van der Waals surface area contributed by atoms with Crippen LogP contribution in [-0.2, 0) is 19.1 Å². The first-order valence-electron chi connectivity index (χ1n) is 14.1. The van der Waals surface area contributed by atoms with Crippen molar-refractivity contribution >= 4 is 11.9 Å². The van der Waals surface area contributed by atoms with Crippen LogP contribution >= 0.6 is 0 Å². The average Bonchev–Trinajstić information content (AvgIpc) is 2.72. The molecule has 0 N–H and O–H groups in total. The van der Waals surface area contributed by atoms with Gasteiger partial charge in [-0.15, -0.1) is 0 Å². The van der Waals surface area contributed by atoms with Crippen LogP contribution in [0, 0.1) is 11.8 Å². The quantitative estimate of drug-likeness (QED) is 0.144. The molecule has 0 spiro atoms. The lowest BCUT2D eigenvalue weighted by Gasteiger charge is -2.26. The molecule has 2 rings (SSSR count). The van der Waals surface area contributed by atoms with Gasteiger partial charge in [0.25, 0.3) is 0 Å². The molecular weight excluding hydrogens is 412 g/mol. The Kier molecular flexibility index (Phi) is 13.8. The average molecular weight is 463 g/mol. The minimum absolute atomic E-state index is 0.0369. The van der Waals surface area contributed by atoms with Crippen LogP contribution in [0.15, 0.2) is 12.2 Å². The normalized spacial score (nSPS) is 18.1. The van der Waals surface area contributed by atoms with E-state index < -0.39 is 5.97 Å². The number of ether oxygens (including phenoxy) is 2. The highest BCUT2D eigenvalue weighted by atomic mass is 16.6. The zero-order chi connectivity index (χ0) is 23.9. The maximum absolute atomic E-state index is 12.6. The Morgan fingerprint density at radius 1 is 0.758 bits per heavy atom. The van der Waals surface area contributed by atoms with Crippen molar-refractivity contribution in [2.75, 3.05) is 0 Å². The summed E-state index contributed by atoms with van der Waals surface area (Å²) in [5.74, 6) is 1.01. The molecule has 0 radical (unpaired) electrons. The molecular formula is C29H50O4. The monoisotopic (exact) mass is 462 g/mol. The second-order valence-corrected chi connectivity index (χ2v) is 10.7. The molecule has 2 aliphatic rings. The molecule has 0 bridgehead atoms. The molecule has 0 amide bonds. The lowest BCUT2D eigenvalue weighted by Crippen LogP contribution is -2.23. The highest BCUT2D eigenvalue weighted by Gasteiger charge is 2.23. The summed E-state index contributed by atoms with van der Waals surface area (Å²) in [6.45, 7) is 8.17. The molecule has 2 saturated carbocycles. The molecule has 2 aliphatic carbocycles. The highest BCUT2D eigenvalue weighted by Crippen LogP contribution is 2.32. The van der Waals surface area contributed by atoms with Crippen molar-refractivity contribution in [1.82, 2.24) is 0 Å². The van der Waals surface area contributed by atoms with Gasteiger partial charge in [0.05, 0.1) is 6.42 Å². The first kappa shape index (κ1) is 27.9. The van der Waals surface area contributed by atoms with E-state index in [2.05, 4.69) is 20.4 Å². The van der Waals surface area contributed by atoms with Crippen LogP contribution in [0.2, 0.25) is 0 Å². The fraction of sp³-hybridized carbons (Fsp3) is 0.862. The van der Waals surface area contributed by atoms with E-state index in [9.17, 15) is 9.59 Å². The van der Waals surface area contributed by atoms with E-state index in [4.69, 9.17) is 9.47 Å². The van der Waals surface area contributed by atoms with Gasteiger partial charge < -0.3 is 9.47 Å². The van der Waals surface area contributed by atoms with Crippen molar-refractivity contribution in [1.29, 1.82) is 0 Å². The molecule has 2 atom stereocenters. The van der Waals surface area contributed by atoms with Crippen LogP contribution in [0.4, 0.5) is 0 Å². The van der Waals surface area contributed by atoms with Gasteiger partial charge in [0, 0.05) is 5.57 Å². The van der Waals surface area contributed by atoms with E-state index in [1.54, 1.807) is 0 Å². The second-order valence-electron chi connectivity index (χ2n) is 10.7. The number of esters is 2. The number of carbonyl (C=O) groups is 2. The van der Waals surface area contributed by atoms with Gasteiger partial charge in [-0.1, -0.05) is 97.5 Å². The molecule has 0 aromatic heterocycles. The van der Waals surface area contributed by atoms with Crippen LogP contribution < -0.4 is 0 Å². The first-order chi connectivity index (χ1) is 16.0. The van der Waals surface area contributed by atoms with Crippen molar-refractivity contribution in [3.05, 3.63) is 12.2 Å². The fourth-order valence-corrected chi connectivity index (χ4v) is 4.93. The maximum atomic E-state index is 12.6. The van der Waals surface area contributed by atoms with Crippen LogP contribution in [0.1, 0.15) is 136 Å². The van der Waals surface area contributed by atoms with Crippen LogP contribution in [0.25, 0.3) is 0 Å². The molecule has 0 aromatic rings. The van der Waals surface area contributed by atoms with Gasteiger partial charge >= 0.3 is 11.9 Å². The molecule has 2 unspecified atom stereocenters. The fourth-order valence-electron chi connectivity index (χ4n) is 4.93. The van der Waals surface area contributed by atoms with Crippen molar-refractivity contribution in [3.63, 3.8) is 0 Å². The van der Waals surface area contributed by atoms with E-state index in [1.807, 2.05) is 0 Å². The predicted molar refractivity (Wildman–Crippen MR) is 135 cm³/mol. The van der Waals surface area contributed by atoms with E-state index in [1.165, 1.54) is 51.4 Å². The van der Waals surface area contributed by atoms with Gasteiger partial charge in [0.15, 0.2) is 0 Å². The van der Waals surface area contributed by atoms with Gasteiger partial charge in [0.2, 0.25) is 0 Å². The molecule has 0 aliphatic heterocycles. The summed E-state index contributed by atoms with van der Waals surface area (Å²) < 4.78 is 11.6. The molecule has 0 heterocycles. The summed E-state index contributed by atoms with van der Waals surface area (Å²) in [6, 6.07) is 0. The Morgan fingerprint density at radius 2 is 1.21 bits per heavy atom. The van der Waals surface area contributed by atoms with Gasteiger partial charge in [-0.05, 0) is 50.4 Å². The number of rotatable bonds is 19. The lowest BCUT2D eigenvalue weighted by molar-refractivity contribution is -0.152. The summed E-state index contributed by atoms with van der Waals surface area (Å²) in [5.41, 5.74) is 0.226. The minimum atomic E-state index is -0.424. The summed E-state index contributed by atoms with van der Waals surface area (Å²) >= 11 is 0. The standard InChI is InChI=1S/C29H50O4/c1-4-6-18-26(20-10-16-24-12-8-13-24)32-28(30)22-23(3)29(31)33-27(19-7-5-2)21-11-17-25-14-9-15-25/h24-27H,3-22H2,1-2H3. The number of unbranched alkanes of at least 4 members (excludes halogenated alkanes) is 2. The molecule has 33 heavy (non-hydrogen) atoms. The summed E-state index contributed by atoms with van der Waals surface area (Å²) in [4.78, 5) is 25.2. The Hall–Kier alpha value is -1.32. The molecule has 2 fully saturated rings. The Labute approximate surface area is 203 Å². The lowest BCUT2D eigenvalue weighted by atomic mass is 9.81. The molecule has 0 saturated heterocycles. The van der Waals surface area contributed by atoms with E-state index in [0.717, 1.165) is 76.0 Å². The molecule has 4 nitrogen and oxygen atoms in total. The van der Waals surface area contributed by atoms with Gasteiger partial charge in [-0.2, -0.15) is 0 Å². The van der Waals surface area contributed by atoms with E-state index >= 15 is 0 Å². The summed E-state index contributed by atoms with van der Waals surface area (Å²) in [7, 11) is 0. The molecule has 4 heteroatoms. The van der Waals surface area contributed by atoms with E-state index in [0.29, 0.717) is 0 Å². The summed E-state index contributed by atoms with van der Waals surface area (Å²) in [5, 5.41) is 0. The van der Waals surface area contributed by atoms with Gasteiger partial charge in [0.1, 0.15) is 12.2 Å². The van der Waals surface area contributed by atoms with Gasteiger partial charge in [-0.25, -0.2) is 4.79 Å². The van der Waals surface area contributed by atoms with Crippen molar-refractivity contribution in [3.8, 4) is 0 Å². The molecule has 0 aromatic carbocycles. The third-order valence-corrected chi connectivity index (χ3v) is 7.70. The first-order valence-corrected chi connectivity index (χ1v) is 14.1. The topological polar surface area (TPSA) is 52.6 Å². The SMILES string of the molecule is C=C(CC(=O)OC(CCCC)CCCC1CCC1)C(=O)OC(CCCC)CCCC1CCC1. The Balaban J connectivity index is 1.72. The highest BCUT2D eigenvalue weighted by molar-refractivity contribution is 5.93. The van der Waals surface area contributed by atoms with E-state index in [-0.39, 0.29) is 30.2 Å². The minimum Gasteiger partial charge on any atom is -0.462 e. The van der Waals surface area contributed by atoms with Crippen LogP contribution in [0.3, 0.4) is 0 Å². The largest absolute Gasteiger partial charge is 0.462 e. The predicted octanol–water partition coefficient (Wildman–Crippen LogP) is 8.08. The smallest absolute Gasteiger partial charge is 0.334 e. The number of carbonyl (C=O) groups excluding carboxylic acids is 2. The second kappa shape index (κ2) is 16.3. The Bertz CT molecular complexity index is 576. The number of hydrogen-bond donors (Lipinski definition) is 0. The van der Waals surface area contributed by atoms with Crippen LogP contribution in [0.5, 0.6) is 0 Å². The number of hydrogen-bond acceptors (Lipinski definition) is 4. The third kappa shape index (κ3) is 11.6. The summed E-state index contributed by atoms with van der Waals surface area (Å²) in [6.07, 6.45) is 20.7.